The Labute approximate surface area is 174 Å². The molecule has 0 radical (unpaired) electrons. The van der Waals surface area contributed by atoms with E-state index < -0.39 is 6.10 Å². The third kappa shape index (κ3) is 5.75. The zero-order valence-electron chi connectivity index (χ0n) is 16.9. The lowest BCUT2D eigenvalue weighted by molar-refractivity contribution is 0.0683. The molecule has 2 atom stereocenters. The van der Waals surface area contributed by atoms with Crippen molar-refractivity contribution in [3.63, 3.8) is 0 Å². The first-order valence-electron chi connectivity index (χ1n) is 9.73. The fraction of sp³-hybridized carbons (Fsp3) is 0.450. The van der Waals surface area contributed by atoms with Gasteiger partial charge in [-0.25, -0.2) is 4.99 Å². The van der Waals surface area contributed by atoms with Gasteiger partial charge in [0.25, 0.3) is 0 Å². The highest BCUT2D eigenvalue weighted by molar-refractivity contribution is 7.19. The Morgan fingerprint density at radius 1 is 1.31 bits per heavy atom. The number of hydrogen-bond acceptors (Lipinski definition) is 7. The lowest BCUT2D eigenvalue weighted by atomic mass is 10.2. The number of nitrogens with zero attached hydrogens (tertiary/aromatic N) is 3. The summed E-state index contributed by atoms with van der Waals surface area (Å²) in [5, 5.41) is 21.9. The van der Waals surface area contributed by atoms with Crippen molar-refractivity contribution in [3.8, 4) is 0 Å². The molecule has 0 saturated heterocycles. The molecule has 0 aliphatic heterocycles. The van der Waals surface area contributed by atoms with Crippen LogP contribution in [0.25, 0.3) is 10.1 Å². The van der Waals surface area contributed by atoms with Gasteiger partial charge in [0.15, 0.2) is 11.8 Å². The van der Waals surface area contributed by atoms with Gasteiger partial charge in [0.2, 0.25) is 5.89 Å². The SMILES string of the molecule is CCNC(=NCc1nc(C(C)OCC)no1)NCC(O)c1cc2ccccc2s1. The predicted octanol–water partition coefficient (Wildman–Crippen LogP) is 3.17. The quantitative estimate of drug-likeness (QED) is 0.363. The van der Waals surface area contributed by atoms with Crippen molar-refractivity contribution < 1.29 is 14.4 Å². The van der Waals surface area contributed by atoms with Gasteiger partial charge in [-0.1, -0.05) is 23.4 Å². The van der Waals surface area contributed by atoms with Crippen molar-refractivity contribution in [3.05, 3.63) is 46.9 Å². The van der Waals surface area contributed by atoms with Crippen molar-refractivity contribution in [1.82, 2.24) is 20.8 Å². The first-order chi connectivity index (χ1) is 14.1. The van der Waals surface area contributed by atoms with Crippen LogP contribution in [0, 0.1) is 0 Å². The van der Waals surface area contributed by atoms with Crippen LogP contribution in [0.15, 0.2) is 39.8 Å². The zero-order valence-corrected chi connectivity index (χ0v) is 17.7. The molecule has 9 heteroatoms. The van der Waals surface area contributed by atoms with Crippen LogP contribution in [-0.4, -0.2) is 40.9 Å². The van der Waals surface area contributed by atoms with Crippen LogP contribution in [0.1, 0.15) is 49.6 Å². The predicted molar refractivity (Wildman–Crippen MR) is 114 cm³/mol. The molecule has 0 fully saturated rings. The van der Waals surface area contributed by atoms with E-state index in [0.29, 0.717) is 37.4 Å². The third-order valence-corrected chi connectivity index (χ3v) is 5.43. The number of aliphatic hydroxyl groups excluding tert-OH is 1. The Balaban J connectivity index is 1.59. The second-order valence-electron chi connectivity index (χ2n) is 6.42. The van der Waals surface area contributed by atoms with Gasteiger partial charge in [-0.2, -0.15) is 4.98 Å². The second kappa shape index (κ2) is 10.3. The Morgan fingerprint density at radius 3 is 2.90 bits per heavy atom. The molecule has 0 spiro atoms. The van der Waals surface area contributed by atoms with Crippen LogP contribution in [0.4, 0.5) is 0 Å². The van der Waals surface area contributed by atoms with Crippen molar-refractivity contribution in [1.29, 1.82) is 0 Å². The normalized spacial score (nSPS) is 14.1. The first-order valence-corrected chi connectivity index (χ1v) is 10.5. The van der Waals surface area contributed by atoms with Crippen LogP contribution < -0.4 is 10.6 Å². The molecule has 0 bridgehead atoms. The fourth-order valence-electron chi connectivity index (χ4n) is 2.77. The van der Waals surface area contributed by atoms with Gasteiger partial charge in [0.1, 0.15) is 18.8 Å². The number of aliphatic imine (C=N–C) groups is 1. The Hall–Kier alpha value is -2.49. The number of rotatable bonds is 9. The Bertz CT molecular complexity index is 906. The van der Waals surface area contributed by atoms with Gasteiger partial charge in [0.05, 0.1) is 0 Å². The Kier molecular flexibility index (Phi) is 7.56. The summed E-state index contributed by atoms with van der Waals surface area (Å²) in [5.74, 6) is 1.49. The molecule has 3 N–H and O–H groups in total. The molecule has 2 unspecified atom stereocenters. The molecule has 2 aromatic heterocycles. The van der Waals surface area contributed by atoms with Gasteiger partial charge < -0.3 is 25.0 Å². The molecule has 156 valence electrons. The molecule has 1 aromatic carbocycles. The highest BCUT2D eigenvalue weighted by Crippen LogP contribution is 2.29. The van der Waals surface area contributed by atoms with Crippen LogP contribution in [0.3, 0.4) is 0 Å². The minimum absolute atomic E-state index is 0.218. The molecule has 29 heavy (non-hydrogen) atoms. The van der Waals surface area contributed by atoms with E-state index in [-0.39, 0.29) is 12.6 Å². The average molecular weight is 418 g/mol. The number of aliphatic hydroxyl groups is 1. The number of ether oxygens (including phenoxy) is 1. The maximum atomic E-state index is 10.5. The molecule has 0 aliphatic carbocycles. The molecule has 8 nitrogen and oxygen atoms in total. The lowest BCUT2D eigenvalue weighted by Gasteiger charge is -2.14. The van der Waals surface area contributed by atoms with Crippen molar-refractivity contribution in [2.75, 3.05) is 19.7 Å². The van der Waals surface area contributed by atoms with E-state index in [0.717, 1.165) is 15.0 Å². The summed E-state index contributed by atoms with van der Waals surface area (Å²) in [4.78, 5) is 9.69. The molecule has 0 saturated carbocycles. The van der Waals surface area contributed by atoms with Gasteiger partial charge >= 0.3 is 0 Å². The summed E-state index contributed by atoms with van der Waals surface area (Å²) in [6.07, 6.45) is -0.845. The summed E-state index contributed by atoms with van der Waals surface area (Å²) >= 11 is 1.59. The number of hydrogen-bond donors (Lipinski definition) is 3. The first kappa shape index (κ1) is 21.2. The number of guanidine groups is 1. The van der Waals surface area contributed by atoms with E-state index >= 15 is 0 Å². The van der Waals surface area contributed by atoms with Gasteiger partial charge in [-0.05, 0) is 38.3 Å². The molecule has 3 aromatic rings. The van der Waals surface area contributed by atoms with E-state index in [1.54, 1.807) is 11.3 Å². The number of thiophene rings is 1. The number of aromatic nitrogens is 2. The van der Waals surface area contributed by atoms with Crippen molar-refractivity contribution in [2.45, 2.75) is 39.5 Å². The minimum Gasteiger partial charge on any atom is -0.386 e. The molecule has 0 aliphatic rings. The van der Waals surface area contributed by atoms with Gasteiger partial charge in [-0.3, -0.25) is 0 Å². The van der Waals surface area contributed by atoms with Gasteiger partial charge in [0, 0.05) is 29.3 Å². The monoisotopic (exact) mass is 417 g/mol. The number of nitrogens with one attached hydrogen (secondary N) is 2. The third-order valence-electron chi connectivity index (χ3n) is 4.22. The van der Waals surface area contributed by atoms with Crippen LogP contribution in [0.5, 0.6) is 0 Å². The van der Waals surface area contributed by atoms with E-state index in [1.165, 1.54) is 0 Å². The second-order valence-corrected chi connectivity index (χ2v) is 7.54. The molecule has 0 amide bonds. The van der Waals surface area contributed by atoms with E-state index in [1.807, 2.05) is 45.0 Å². The Morgan fingerprint density at radius 2 is 2.14 bits per heavy atom. The number of fused-ring (bicyclic) bond motifs is 1. The van der Waals surface area contributed by atoms with E-state index in [4.69, 9.17) is 9.26 Å². The zero-order chi connectivity index (χ0) is 20.6. The molecular weight excluding hydrogens is 390 g/mol. The molecule has 3 rings (SSSR count). The maximum Gasteiger partial charge on any atom is 0.248 e. The largest absolute Gasteiger partial charge is 0.386 e. The van der Waals surface area contributed by atoms with E-state index in [2.05, 4.69) is 31.8 Å². The summed E-state index contributed by atoms with van der Waals surface area (Å²) in [7, 11) is 0. The highest BCUT2D eigenvalue weighted by Gasteiger charge is 2.14. The number of benzene rings is 1. The van der Waals surface area contributed by atoms with E-state index in [9.17, 15) is 5.11 Å². The smallest absolute Gasteiger partial charge is 0.248 e. The van der Waals surface area contributed by atoms with Crippen LogP contribution in [-0.2, 0) is 11.3 Å². The summed E-state index contributed by atoms with van der Waals surface area (Å²) in [5.41, 5.74) is 0. The van der Waals surface area contributed by atoms with Crippen molar-refractivity contribution >= 4 is 27.4 Å². The van der Waals surface area contributed by atoms with Crippen molar-refractivity contribution in [2.24, 2.45) is 4.99 Å². The molecular formula is C20H27N5O3S. The maximum absolute atomic E-state index is 10.5. The summed E-state index contributed by atoms with van der Waals surface area (Å²) in [6, 6.07) is 10.1. The topological polar surface area (TPSA) is 105 Å². The van der Waals surface area contributed by atoms with Crippen LogP contribution in [0.2, 0.25) is 0 Å². The summed E-state index contributed by atoms with van der Waals surface area (Å²) < 4.78 is 11.9. The molecule has 2 heterocycles. The lowest BCUT2D eigenvalue weighted by Crippen LogP contribution is -2.39. The fourth-order valence-corrected chi connectivity index (χ4v) is 3.82. The van der Waals surface area contributed by atoms with Crippen LogP contribution >= 0.6 is 11.3 Å². The summed E-state index contributed by atoms with van der Waals surface area (Å²) in [6.45, 7) is 7.64. The average Bonchev–Trinajstić information content (AvgIpc) is 3.37. The highest BCUT2D eigenvalue weighted by atomic mass is 32.1. The van der Waals surface area contributed by atoms with Gasteiger partial charge in [-0.15, -0.1) is 11.3 Å². The minimum atomic E-state index is -0.627. The standard InChI is InChI=1S/C20H27N5O3S/c1-4-21-20(23-12-18-24-19(25-28-18)13(3)27-5-2)22-11-15(26)17-10-14-8-6-7-9-16(14)29-17/h6-10,13,15,26H,4-5,11-12H2,1-3H3,(H2,21,22,23).